The number of aromatic nitrogens is 3. The molecule has 2 aliphatic rings. The molecular formula is C52H33N3O. The van der Waals surface area contributed by atoms with Gasteiger partial charge in [-0.2, -0.15) is 0 Å². The molecule has 2 heterocycles. The predicted molar refractivity (Wildman–Crippen MR) is 224 cm³/mol. The number of ether oxygens (including phenoxy) is 1. The smallest absolute Gasteiger partial charge is 0.164 e. The van der Waals surface area contributed by atoms with Gasteiger partial charge in [-0.05, 0) is 68.8 Å². The fraction of sp³-hybridized carbons (Fsp3) is 0.0192. The SMILES string of the molecule is c1ccc(-c2cccc(-c3nc(-c4cccc(-c5ccccc5)c4)nc(-c4cccc5c4-c4ccccc4C54c5ccccc5Oc5ccccc54)n3)c2)cc1. The summed E-state index contributed by atoms with van der Waals surface area (Å²) in [7, 11) is 0. The van der Waals surface area contributed by atoms with Gasteiger partial charge in [0.25, 0.3) is 0 Å². The zero-order valence-electron chi connectivity index (χ0n) is 30.3. The van der Waals surface area contributed by atoms with Crippen LogP contribution in [0.1, 0.15) is 22.3 Å². The lowest BCUT2D eigenvalue weighted by Gasteiger charge is -2.39. The van der Waals surface area contributed by atoms with Crippen molar-refractivity contribution < 1.29 is 4.74 Å². The van der Waals surface area contributed by atoms with Gasteiger partial charge in [-0.15, -0.1) is 0 Å². The Kier molecular flexibility index (Phi) is 7.36. The molecule has 1 spiro atoms. The normalized spacial score (nSPS) is 12.9. The van der Waals surface area contributed by atoms with E-state index in [-0.39, 0.29) is 0 Å². The number of benzene rings is 8. The van der Waals surface area contributed by atoms with Crippen LogP contribution in [0, 0.1) is 0 Å². The Hall–Kier alpha value is -7.43. The third-order valence-corrected chi connectivity index (χ3v) is 11.2. The molecule has 0 atom stereocenters. The van der Waals surface area contributed by atoms with Crippen molar-refractivity contribution in [2.24, 2.45) is 0 Å². The van der Waals surface area contributed by atoms with Crippen LogP contribution in [0.25, 0.3) is 67.5 Å². The Balaban J connectivity index is 1.17. The van der Waals surface area contributed by atoms with E-state index in [4.69, 9.17) is 19.7 Å². The van der Waals surface area contributed by atoms with Crippen LogP contribution in [0.3, 0.4) is 0 Å². The zero-order chi connectivity index (χ0) is 37.1. The van der Waals surface area contributed by atoms with Crippen LogP contribution in [0.5, 0.6) is 11.5 Å². The van der Waals surface area contributed by atoms with Gasteiger partial charge in [-0.25, -0.2) is 15.0 Å². The molecule has 262 valence electrons. The average molecular weight is 716 g/mol. The van der Waals surface area contributed by atoms with Gasteiger partial charge in [0.2, 0.25) is 0 Å². The van der Waals surface area contributed by atoms with Crippen LogP contribution in [0.4, 0.5) is 0 Å². The van der Waals surface area contributed by atoms with E-state index in [1.807, 2.05) is 24.3 Å². The van der Waals surface area contributed by atoms with E-state index in [1.165, 1.54) is 11.1 Å². The van der Waals surface area contributed by atoms with Gasteiger partial charge < -0.3 is 4.74 Å². The molecule has 0 saturated heterocycles. The minimum absolute atomic E-state index is 0.597. The van der Waals surface area contributed by atoms with Gasteiger partial charge in [-0.3, -0.25) is 0 Å². The van der Waals surface area contributed by atoms with Crippen LogP contribution >= 0.6 is 0 Å². The summed E-state index contributed by atoms with van der Waals surface area (Å²) < 4.78 is 6.59. The highest BCUT2D eigenvalue weighted by Gasteiger charge is 2.51. The molecule has 0 unspecified atom stereocenters. The summed E-state index contributed by atoms with van der Waals surface area (Å²) >= 11 is 0. The van der Waals surface area contributed by atoms with Gasteiger partial charge in [-0.1, -0.05) is 176 Å². The van der Waals surface area contributed by atoms with Crippen molar-refractivity contribution in [3.05, 3.63) is 222 Å². The predicted octanol–water partition coefficient (Wildman–Crippen LogP) is 12.7. The van der Waals surface area contributed by atoms with Crippen LogP contribution in [-0.4, -0.2) is 15.0 Å². The van der Waals surface area contributed by atoms with Crippen molar-refractivity contribution in [1.29, 1.82) is 0 Å². The molecule has 1 aliphatic carbocycles. The first-order valence-corrected chi connectivity index (χ1v) is 18.9. The molecule has 0 N–H and O–H groups in total. The number of para-hydroxylation sites is 2. The number of nitrogens with zero attached hydrogens (tertiary/aromatic N) is 3. The largest absolute Gasteiger partial charge is 0.457 e. The molecule has 0 fully saturated rings. The molecule has 1 aromatic heterocycles. The maximum absolute atomic E-state index is 6.59. The molecule has 0 bridgehead atoms. The lowest BCUT2D eigenvalue weighted by atomic mass is 9.66. The van der Waals surface area contributed by atoms with Gasteiger partial charge in [0.1, 0.15) is 11.5 Å². The molecule has 0 radical (unpaired) electrons. The first-order valence-electron chi connectivity index (χ1n) is 18.9. The summed E-state index contributed by atoms with van der Waals surface area (Å²) in [4.78, 5) is 15.9. The third-order valence-electron chi connectivity index (χ3n) is 11.2. The Morgan fingerprint density at radius 1 is 0.304 bits per heavy atom. The van der Waals surface area contributed by atoms with Crippen LogP contribution in [0.2, 0.25) is 0 Å². The third kappa shape index (κ3) is 4.96. The van der Waals surface area contributed by atoms with Crippen LogP contribution in [-0.2, 0) is 5.41 Å². The van der Waals surface area contributed by atoms with Crippen molar-refractivity contribution in [2.45, 2.75) is 5.41 Å². The monoisotopic (exact) mass is 715 g/mol. The average Bonchev–Trinajstić information content (AvgIpc) is 3.58. The summed E-state index contributed by atoms with van der Waals surface area (Å²) in [6, 6.07) is 70.1. The van der Waals surface area contributed by atoms with E-state index in [9.17, 15) is 0 Å². The summed E-state index contributed by atoms with van der Waals surface area (Å²) in [5, 5.41) is 0. The summed E-state index contributed by atoms with van der Waals surface area (Å²) in [6.07, 6.45) is 0. The van der Waals surface area contributed by atoms with E-state index < -0.39 is 5.41 Å². The Labute approximate surface area is 325 Å². The molecule has 1 aliphatic heterocycles. The topological polar surface area (TPSA) is 47.9 Å². The zero-order valence-corrected chi connectivity index (χ0v) is 30.3. The maximum atomic E-state index is 6.59. The maximum Gasteiger partial charge on any atom is 0.164 e. The minimum atomic E-state index is -0.597. The van der Waals surface area contributed by atoms with Gasteiger partial charge >= 0.3 is 0 Å². The standard InChI is InChI=1S/C52H33N3O/c1-3-16-34(17-4-1)36-20-13-22-38(32-36)49-53-50(39-23-14-21-37(33-39)35-18-5-2-6-19-35)55-51(54-49)41-25-15-29-45-48(41)40-24-7-8-26-42(40)52(45)43-27-9-11-30-46(43)56-47-31-12-10-28-44(47)52/h1-33H. The van der Waals surface area contributed by atoms with Crippen molar-refractivity contribution in [3.63, 3.8) is 0 Å². The lowest BCUT2D eigenvalue weighted by molar-refractivity contribution is 0.436. The van der Waals surface area contributed by atoms with Gasteiger partial charge in [0.05, 0.1) is 5.41 Å². The van der Waals surface area contributed by atoms with E-state index in [0.717, 1.165) is 72.7 Å². The Morgan fingerprint density at radius 2 is 0.714 bits per heavy atom. The molecule has 4 nitrogen and oxygen atoms in total. The van der Waals surface area contributed by atoms with Crippen molar-refractivity contribution in [3.8, 4) is 79.0 Å². The van der Waals surface area contributed by atoms with E-state index in [1.54, 1.807) is 0 Å². The highest BCUT2D eigenvalue weighted by atomic mass is 16.5. The highest BCUT2D eigenvalue weighted by Crippen LogP contribution is 2.63. The minimum Gasteiger partial charge on any atom is -0.457 e. The summed E-state index contributed by atoms with van der Waals surface area (Å²) in [5.41, 5.74) is 13.6. The van der Waals surface area contributed by atoms with Crippen LogP contribution in [0.15, 0.2) is 200 Å². The number of fused-ring (bicyclic) bond motifs is 9. The second-order valence-electron chi connectivity index (χ2n) is 14.3. The fourth-order valence-corrected chi connectivity index (χ4v) is 8.78. The Bertz CT molecular complexity index is 2810. The van der Waals surface area contributed by atoms with Gasteiger partial charge in [0.15, 0.2) is 17.5 Å². The number of hydrogen-bond acceptors (Lipinski definition) is 4. The molecule has 11 rings (SSSR count). The first-order chi connectivity index (χ1) is 27.8. The highest BCUT2D eigenvalue weighted by molar-refractivity contribution is 5.95. The second-order valence-corrected chi connectivity index (χ2v) is 14.3. The van der Waals surface area contributed by atoms with E-state index in [0.29, 0.717) is 17.5 Å². The summed E-state index contributed by atoms with van der Waals surface area (Å²) in [6.45, 7) is 0. The van der Waals surface area contributed by atoms with Crippen molar-refractivity contribution in [1.82, 2.24) is 15.0 Å². The number of hydrogen-bond donors (Lipinski definition) is 0. The van der Waals surface area contributed by atoms with E-state index in [2.05, 4.69) is 176 Å². The van der Waals surface area contributed by atoms with Gasteiger partial charge in [0, 0.05) is 27.8 Å². The fourth-order valence-electron chi connectivity index (χ4n) is 8.78. The molecule has 0 amide bonds. The molecule has 8 aromatic carbocycles. The summed E-state index contributed by atoms with van der Waals surface area (Å²) in [5.74, 6) is 3.58. The first kappa shape index (κ1) is 32.0. The second kappa shape index (κ2) is 12.9. The molecule has 9 aromatic rings. The number of rotatable bonds is 5. The Morgan fingerprint density at radius 3 is 1.30 bits per heavy atom. The van der Waals surface area contributed by atoms with Crippen molar-refractivity contribution in [2.75, 3.05) is 0 Å². The van der Waals surface area contributed by atoms with Crippen molar-refractivity contribution >= 4 is 0 Å². The molecule has 4 heteroatoms. The van der Waals surface area contributed by atoms with Crippen LogP contribution < -0.4 is 4.74 Å². The molecule has 56 heavy (non-hydrogen) atoms. The quantitative estimate of drug-likeness (QED) is 0.178. The molecular weight excluding hydrogens is 683 g/mol. The van der Waals surface area contributed by atoms with E-state index >= 15 is 0 Å². The lowest BCUT2D eigenvalue weighted by Crippen LogP contribution is -2.32. The molecule has 0 saturated carbocycles.